The molecule has 1 aromatic carbocycles. The molecule has 0 aliphatic rings. The van der Waals surface area contributed by atoms with Crippen LogP contribution in [-0.4, -0.2) is 7.05 Å². The molecule has 1 N–H and O–H groups in total. The maximum atomic E-state index is 13.2. The average Bonchev–Trinajstić information content (AvgIpc) is 2.71. The van der Waals surface area contributed by atoms with Crippen LogP contribution in [0.5, 0.6) is 0 Å². The second-order valence-electron chi connectivity index (χ2n) is 3.90. The maximum absolute atomic E-state index is 13.2. The largest absolute Gasteiger partial charge is 0.309 e. The fraction of sp³-hybridized carbons (Fsp3) is 0.231. The quantitative estimate of drug-likeness (QED) is 0.892. The van der Waals surface area contributed by atoms with Gasteiger partial charge < -0.3 is 5.32 Å². The second kappa shape index (κ2) is 5.29. The number of thiophene rings is 1. The Morgan fingerprint density at radius 2 is 2.12 bits per heavy atom. The van der Waals surface area contributed by atoms with Gasteiger partial charge in [-0.25, -0.2) is 4.39 Å². The lowest BCUT2D eigenvalue weighted by Gasteiger charge is -2.15. The van der Waals surface area contributed by atoms with E-state index in [1.807, 2.05) is 19.2 Å². The van der Waals surface area contributed by atoms with E-state index in [1.54, 1.807) is 18.3 Å². The molecule has 1 atom stereocenters. The zero-order chi connectivity index (χ0) is 12.4. The molecule has 1 heterocycles. The molecule has 2 rings (SSSR count). The van der Waals surface area contributed by atoms with Gasteiger partial charge in [0.15, 0.2) is 0 Å². The Balaban J connectivity index is 2.38. The molecular weight excluding hydrogens is 301 g/mol. The number of hydrogen-bond donors (Lipinski definition) is 1. The molecule has 90 valence electrons. The van der Waals surface area contributed by atoms with E-state index in [9.17, 15) is 4.39 Å². The topological polar surface area (TPSA) is 12.0 Å². The van der Waals surface area contributed by atoms with Crippen LogP contribution < -0.4 is 5.32 Å². The Bertz CT molecular complexity index is 524. The number of rotatable bonds is 3. The number of nitrogens with one attached hydrogen (secondary N) is 1. The fourth-order valence-corrected chi connectivity index (χ4v) is 3.38. The van der Waals surface area contributed by atoms with Crippen molar-refractivity contribution in [2.75, 3.05) is 7.05 Å². The van der Waals surface area contributed by atoms with Gasteiger partial charge in [0.05, 0.1) is 6.04 Å². The first-order valence-electron chi connectivity index (χ1n) is 5.29. The summed E-state index contributed by atoms with van der Waals surface area (Å²) in [6.07, 6.45) is 0. The molecule has 0 amide bonds. The zero-order valence-corrected chi connectivity index (χ0v) is 12.0. The fourth-order valence-electron chi connectivity index (χ4n) is 1.80. The van der Waals surface area contributed by atoms with Gasteiger partial charge in [-0.05, 0) is 53.2 Å². The highest BCUT2D eigenvalue weighted by Gasteiger charge is 2.14. The lowest BCUT2D eigenvalue weighted by Crippen LogP contribution is -2.16. The number of hydrogen-bond acceptors (Lipinski definition) is 2. The minimum absolute atomic E-state index is 0.116. The van der Waals surface area contributed by atoms with Crippen molar-refractivity contribution in [2.24, 2.45) is 0 Å². The molecule has 0 aliphatic carbocycles. The summed E-state index contributed by atoms with van der Waals surface area (Å²) >= 11 is 5.13. The van der Waals surface area contributed by atoms with E-state index in [-0.39, 0.29) is 11.9 Å². The first-order valence-corrected chi connectivity index (χ1v) is 6.96. The highest BCUT2D eigenvalue weighted by Crippen LogP contribution is 2.30. The highest BCUT2D eigenvalue weighted by atomic mass is 79.9. The molecule has 1 unspecified atom stereocenters. The standard InChI is InChI=1S/C13H13BrFNS/c1-8-5-9(3-4-11(8)15)13(16-2)12-6-10(14)7-17-12/h3-7,13,16H,1-2H3. The van der Waals surface area contributed by atoms with Crippen LogP contribution in [0.4, 0.5) is 4.39 Å². The van der Waals surface area contributed by atoms with Gasteiger partial charge in [0.2, 0.25) is 0 Å². The lowest BCUT2D eigenvalue weighted by atomic mass is 10.0. The van der Waals surface area contributed by atoms with Crippen LogP contribution >= 0.6 is 27.3 Å². The van der Waals surface area contributed by atoms with Crippen LogP contribution in [0.2, 0.25) is 0 Å². The van der Waals surface area contributed by atoms with Crippen LogP contribution in [0.1, 0.15) is 22.0 Å². The average molecular weight is 314 g/mol. The summed E-state index contributed by atoms with van der Waals surface area (Å²) in [6, 6.07) is 7.45. The van der Waals surface area contributed by atoms with Gasteiger partial charge >= 0.3 is 0 Å². The molecule has 4 heteroatoms. The van der Waals surface area contributed by atoms with Crippen molar-refractivity contribution >= 4 is 27.3 Å². The van der Waals surface area contributed by atoms with E-state index < -0.39 is 0 Å². The lowest BCUT2D eigenvalue weighted by molar-refractivity contribution is 0.614. The summed E-state index contributed by atoms with van der Waals surface area (Å²) in [5, 5.41) is 5.31. The van der Waals surface area contributed by atoms with E-state index in [4.69, 9.17) is 0 Å². The van der Waals surface area contributed by atoms with Crippen LogP contribution in [-0.2, 0) is 0 Å². The summed E-state index contributed by atoms with van der Waals surface area (Å²) < 4.78 is 14.3. The van der Waals surface area contributed by atoms with E-state index in [2.05, 4.69) is 32.7 Å². The normalized spacial score (nSPS) is 12.7. The van der Waals surface area contributed by atoms with Gasteiger partial charge in [-0.2, -0.15) is 0 Å². The van der Waals surface area contributed by atoms with Gasteiger partial charge in [-0.3, -0.25) is 0 Å². The molecular formula is C13H13BrFNS. The molecule has 0 saturated carbocycles. The Labute approximate surface area is 113 Å². The number of halogens is 2. The molecule has 0 aliphatic heterocycles. The summed E-state index contributed by atoms with van der Waals surface area (Å²) in [7, 11) is 1.91. The van der Waals surface area contributed by atoms with E-state index in [1.165, 1.54) is 10.9 Å². The van der Waals surface area contributed by atoms with Crippen LogP contribution in [0.25, 0.3) is 0 Å². The monoisotopic (exact) mass is 313 g/mol. The third kappa shape index (κ3) is 2.76. The molecule has 0 fully saturated rings. The highest BCUT2D eigenvalue weighted by molar-refractivity contribution is 9.10. The minimum Gasteiger partial charge on any atom is -0.309 e. The zero-order valence-electron chi connectivity index (χ0n) is 9.63. The summed E-state index contributed by atoms with van der Waals surface area (Å²) in [6.45, 7) is 1.79. The summed E-state index contributed by atoms with van der Waals surface area (Å²) in [5.41, 5.74) is 1.76. The second-order valence-corrected chi connectivity index (χ2v) is 5.76. The third-order valence-corrected chi connectivity index (χ3v) is 4.43. The third-order valence-electron chi connectivity index (χ3n) is 2.68. The van der Waals surface area contributed by atoms with Crippen LogP contribution in [0.3, 0.4) is 0 Å². The Kier molecular flexibility index (Phi) is 3.97. The summed E-state index contributed by atoms with van der Waals surface area (Å²) in [4.78, 5) is 1.21. The number of benzene rings is 1. The number of aryl methyl sites for hydroxylation is 1. The Morgan fingerprint density at radius 1 is 1.35 bits per heavy atom. The van der Waals surface area contributed by atoms with Crippen molar-refractivity contribution in [3.05, 3.63) is 55.9 Å². The van der Waals surface area contributed by atoms with E-state index in [0.717, 1.165) is 10.0 Å². The van der Waals surface area contributed by atoms with Gasteiger partial charge in [-0.15, -0.1) is 11.3 Å². The summed E-state index contributed by atoms with van der Waals surface area (Å²) in [5.74, 6) is -0.157. The van der Waals surface area contributed by atoms with Gasteiger partial charge in [0.1, 0.15) is 5.82 Å². The van der Waals surface area contributed by atoms with Crippen molar-refractivity contribution in [3.63, 3.8) is 0 Å². The predicted octanol–water partition coefficient (Wildman–Crippen LogP) is 4.27. The van der Waals surface area contributed by atoms with Crippen molar-refractivity contribution in [3.8, 4) is 0 Å². The van der Waals surface area contributed by atoms with E-state index in [0.29, 0.717) is 5.56 Å². The molecule has 1 nitrogen and oxygen atoms in total. The molecule has 0 spiro atoms. The van der Waals surface area contributed by atoms with Crippen LogP contribution in [0.15, 0.2) is 34.1 Å². The maximum Gasteiger partial charge on any atom is 0.126 e. The molecule has 2 aromatic rings. The minimum atomic E-state index is -0.157. The van der Waals surface area contributed by atoms with Gasteiger partial charge in [0.25, 0.3) is 0 Å². The SMILES string of the molecule is CNC(c1ccc(F)c(C)c1)c1cc(Br)cs1. The Hall–Kier alpha value is -0.710. The van der Waals surface area contributed by atoms with Crippen molar-refractivity contribution in [2.45, 2.75) is 13.0 Å². The van der Waals surface area contributed by atoms with Crippen LogP contribution in [0, 0.1) is 12.7 Å². The van der Waals surface area contributed by atoms with Crippen molar-refractivity contribution < 1.29 is 4.39 Å². The molecule has 0 radical (unpaired) electrons. The molecule has 0 saturated heterocycles. The first kappa shape index (κ1) is 12.7. The van der Waals surface area contributed by atoms with Crippen molar-refractivity contribution in [1.82, 2.24) is 5.32 Å². The van der Waals surface area contributed by atoms with Crippen molar-refractivity contribution in [1.29, 1.82) is 0 Å². The van der Waals surface area contributed by atoms with Gasteiger partial charge in [-0.1, -0.05) is 12.1 Å². The smallest absolute Gasteiger partial charge is 0.126 e. The predicted molar refractivity (Wildman–Crippen MR) is 74.1 cm³/mol. The first-order chi connectivity index (χ1) is 8.11. The van der Waals surface area contributed by atoms with E-state index >= 15 is 0 Å². The molecule has 0 bridgehead atoms. The molecule has 17 heavy (non-hydrogen) atoms. The molecule has 1 aromatic heterocycles. The van der Waals surface area contributed by atoms with Gasteiger partial charge in [0, 0.05) is 14.7 Å². The Morgan fingerprint density at radius 3 is 2.65 bits per heavy atom.